The Kier molecular flexibility index (Phi) is 3.42. The van der Waals surface area contributed by atoms with Crippen molar-refractivity contribution in [3.8, 4) is 11.3 Å². The van der Waals surface area contributed by atoms with Crippen molar-refractivity contribution in [3.63, 3.8) is 0 Å². The Bertz CT molecular complexity index is 549. The van der Waals surface area contributed by atoms with Crippen molar-refractivity contribution >= 4 is 43.5 Å². The highest BCUT2D eigenvalue weighted by Gasteiger charge is 2.15. The molecule has 0 aliphatic heterocycles. The summed E-state index contributed by atoms with van der Waals surface area (Å²) < 4.78 is 3.80. The van der Waals surface area contributed by atoms with Gasteiger partial charge in [0.15, 0.2) is 0 Å². The summed E-state index contributed by atoms with van der Waals surface area (Å²) in [5.74, 6) is 0. The van der Waals surface area contributed by atoms with Crippen LogP contribution in [0.15, 0.2) is 27.1 Å². The fourth-order valence-corrected chi connectivity index (χ4v) is 2.55. The van der Waals surface area contributed by atoms with Gasteiger partial charge in [-0.2, -0.15) is 5.10 Å². The summed E-state index contributed by atoms with van der Waals surface area (Å²) in [5, 5.41) is 5.14. The van der Waals surface area contributed by atoms with E-state index in [1.54, 1.807) is 0 Å². The molecule has 0 radical (unpaired) electrons. The molecule has 0 amide bonds. The molecule has 2 nitrogen and oxygen atoms in total. The van der Waals surface area contributed by atoms with E-state index in [2.05, 4.69) is 37.0 Å². The smallest absolute Gasteiger partial charge is 0.108 e. The minimum Gasteiger partial charge on any atom is -0.271 e. The van der Waals surface area contributed by atoms with E-state index in [0.717, 1.165) is 25.9 Å². The van der Waals surface area contributed by atoms with Crippen LogP contribution in [-0.4, -0.2) is 9.78 Å². The first-order valence-corrected chi connectivity index (χ1v) is 6.61. The van der Waals surface area contributed by atoms with Gasteiger partial charge >= 0.3 is 0 Å². The number of hydrogen-bond donors (Lipinski definition) is 0. The molecule has 0 saturated carbocycles. The van der Waals surface area contributed by atoms with Gasteiger partial charge in [0, 0.05) is 22.8 Å². The van der Waals surface area contributed by atoms with Crippen LogP contribution in [0.3, 0.4) is 0 Å². The number of nitrogens with zero attached hydrogens (tertiary/aromatic N) is 2. The third-order valence-electron chi connectivity index (χ3n) is 2.44. The number of aryl methyl sites for hydroxylation is 1. The van der Waals surface area contributed by atoms with Gasteiger partial charge in [0.1, 0.15) is 5.69 Å². The molecule has 84 valence electrons. The third kappa shape index (κ3) is 2.06. The molecule has 0 spiro atoms. The standard InChI is InChI=1S/C11H9Br2ClN2/c1-6-10(13)11(15-16(6)2)8-5-7(12)3-4-9(8)14/h3-5H,1-2H3. The zero-order valence-corrected chi connectivity index (χ0v) is 12.7. The predicted molar refractivity (Wildman–Crippen MR) is 73.8 cm³/mol. The molecule has 5 heteroatoms. The van der Waals surface area contributed by atoms with Gasteiger partial charge in [-0.15, -0.1) is 0 Å². The molecule has 2 aromatic rings. The third-order valence-corrected chi connectivity index (χ3v) is 4.22. The maximum Gasteiger partial charge on any atom is 0.108 e. The summed E-state index contributed by atoms with van der Waals surface area (Å²) in [5.41, 5.74) is 2.86. The summed E-state index contributed by atoms with van der Waals surface area (Å²) in [6.45, 7) is 2.01. The fraction of sp³-hybridized carbons (Fsp3) is 0.182. The van der Waals surface area contributed by atoms with Crippen molar-refractivity contribution in [1.82, 2.24) is 9.78 Å². The van der Waals surface area contributed by atoms with Gasteiger partial charge in [-0.25, -0.2) is 0 Å². The lowest BCUT2D eigenvalue weighted by Crippen LogP contribution is -1.92. The Hall–Kier alpha value is -0.320. The Morgan fingerprint density at radius 1 is 1.31 bits per heavy atom. The van der Waals surface area contributed by atoms with Crippen LogP contribution in [0.4, 0.5) is 0 Å². The molecule has 1 aromatic heterocycles. The van der Waals surface area contributed by atoms with Gasteiger partial charge in [0.2, 0.25) is 0 Å². The Balaban J connectivity index is 2.67. The number of rotatable bonds is 1. The molecule has 0 atom stereocenters. The van der Waals surface area contributed by atoms with E-state index >= 15 is 0 Å². The first-order valence-electron chi connectivity index (χ1n) is 4.65. The highest BCUT2D eigenvalue weighted by atomic mass is 79.9. The van der Waals surface area contributed by atoms with E-state index in [1.807, 2.05) is 36.9 Å². The second-order valence-corrected chi connectivity index (χ2v) is 5.61. The molecule has 16 heavy (non-hydrogen) atoms. The molecule has 0 saturated heterocycles. The van der Waals surface area contributed by atoms with Gasteiger partial charge in [-0.1, -0.05) is 27.5 Å². The van der Waals surface area contributed by atoms with Crippen LogP contribution in [0.1, 0.15) is 5.69 Å². The van der Waals surface area contributed by atoms with Crippen molar-refractivity contribution in [1.29, 1.82) is 0 Å². The predicted octanol–water partition coefficient (Wildman–Crippen LogP) is 4.57. The SMILES string of the molecule is Cc1c(Br)c(-c2cc(Br)ccc2Cl)nn1C. The minimum absolute atomic E-state index is 0.696. The highest BCUT2D eigenvalue weighted by Crippen LogP contribution is 2.35. The molecule has 0 aliphatic carbocycles. The van der Waals surface area contributed by atoms with Crippen LogP contribution < -0.4 is 0 Å². The lowest BCUT2D eigenvalue weighted by Gasteiger charge is -2.02. The van der Waals surface area contributed by atoms with Crippen LogP contribution in [0, 0.1) is 6.92 Å². The summed E-state index contributed by atoms with van der Waals surface area (Å²) in [6.07, 6.45) is 0. The van der Waals surface area contributed by atoms with Gasteiger partial charge in [0.25, 0.3) is 0 Å². The fourth-order valence-electron chi connectivity index (χ4n) is 1.43. The topological polar surface area (TPSA) is 17.8 Å². The molecule has 0 bridgehead atoms. The summed E-state index contributed by atoms with van der Waals surface area (Å²) in [4.78, 5) is 0. The number of aromatic nitrogens is 2. The van der Waals surface area contributed by atoms with Crippen LogP contribution in [0.5, 0.6) is 0 Å². The summed E-state index contributed by atoms with van der Waals surface area (Å²) >= 11 is 13.1. The number of halogens is 3. The molecule has 1 heterocycles. The van der Waals surface area contributed by atoms with Crippen LogP contribution in [-0.2, 0) is 7.05 Å². The van der Waals surface area contributed by atoms with E-state index in [1.165, 1.54) is 0 Å². The Labute approximate surface area is 116 Å². The second-order valence-electron chi connectivity index (χ2n) is 3.50. The molecule has 1 aromatic carbocycles. The Morgan fingerprint density at radius 2 is 2.00 bits per heavy atom. The van der Waals surface area contributed by atoms with Crippen molar-refractivity contribution in [3.05, 3.63) is 37.9 Å². The van der Waals surface area contributed by atoms with Crippen LogP contribution in [0.2, 0.25) is 5.02 Å². The molecular formula is C11H9Br2ClN2. The summed E-state index contributed by atoms with van der Waals surface area (Å²) in [7, 11) is 1.91. The van der Waals surface area contributed by atoms with Crippen molar-refractivity contribution < 1.29 is 0 Å². The lowest BCUT2D eigenvalue weighted by molar-refractivity contribution is 0.742. The van der Waals surface area contributed by atoms with Gasteiger partial charge < -0.3 is 0 Å². The molecule has 0 N–H and O–H groups in total. The van der Waals surface area contributed by atoms with Crippen LogP contribution in [0.25, 0.3) is 11.3 Å². The monoisotopic (exact) mass is 362 g/mol. The minimum atomic E-state index is 0.696. The molecule has 0 aliphatic rings. The maximum absolute atomic E-state index is 6.17. The van der Waals surface area contributed by atoms with E-state index < -0.39 is 0 Å². The number of benzene rings is 1. The molecule has 0 fully saturated rings. The van der Waals surface area contributed by atoms with E-state index in [0.29, 0.717) is 5.02 Å². The average Bonchev–Trinajstić information content (AvgIpc) is 2.50. The quantitative estimate of drug-likeness (QED) is 0.725. The molecular weight excluding hydrogens is 355 g/mol. The van der Waals surface area contributed by atoms with Crippen molar-refractivity contribution in [2.75, 3.05) is 0 Å². The van der Waals surface area contributed by atoms with Crippen molar-refractivity contribution in [2.45, 2.75) is 6.92 Å². The normalized spacial score (nSPS) is 10.8. The number of hydrogen-bond acceptors (Lipinski definition) is 1. The van der Waals surface area contributed by atoms with E-state index in [9.17, 15) is 0 Å². The largest absolute Gasteiger partial charge is 0.271 e. The van der Waals surface area contributed by atoms with Crippen LogP contribution >= 0.6 is 43.5 Å². The second kappa shape index (κ2) is 4.51. The van der Waals surface area contributed by atoms with Crippen molar-refractivity contribution in [2.24, 2.45) is 7.05 Å². The maximum atomic E-state index is 6.17. The zero-order chi connectivity index (χ0) is 11.9. The van der Waals surface area contributed by atoms with E-state index in [4.69, 9.17) is 11.6 Å². The summed E-state index contributed by atoms with van der Waals surface area (Å²) in [6, 6.07) is 5.74. The molecule has 0 unspecified atom stereocenters. The first-order chi connectivity index (χ1) is 7.50. The molecule has 2 rings (SSSR count). The van der Waals surface area contributed by atoms with Gasteiger partial charge in [0.05, 0.1) is 9.50 Å². The zero-order valence-electron chi connectivity index (χ0n) is 8.76. The highest BCUT2D eigenvalue weighted by molar-refractivity contribution is 9.11. The first kappa shape index (κ1) is 12.1. The average molecular weight is 364 g/mol. The van der Waals surface area contributed by atoms with Gasteiger partial charge in [-0.3, -0.25) is 4.68 Å². The Morgan fingerprint density at radius 3 is 2.56 bits per heavy atom. The van der Waals surface area contributed by atoms with Gasteiger partial charge in [-0.05, 0) is 41.1 Å². The lowest BCUT2D eigenvalue weighted by atomic mass is 10.1. The van der Waals surface area contributed by atoms with E-state index in [-0.39, 0.29) is 0 Å².